The Kier molecular flexibility index (Phi) is 5.58. The van der Waals surface area contributed by atoms with Crippen LogP contribution in [0.3, 0.4) is 0 Å². The summed E-state index contributed by atoms with van der Waals surface area (Å²) >= 11 is 0. The number of aromatic nitrogens is 4. The Morgan fingerprint density at radius 2 is 1.73 bits per heavy atom. The van der Waals surface area contributed by atoms with Gasteiger partial charge in [-0.1, -0.05) is 30.3 Å². The highest BCUT2D eigenvalue weighted by atomic mass is 16.2. The zero-order chi connectivity index (χ0) is 18.4. The second-order valence-electron chi connectivity index (χ2n) is 5.72. The molecule has 0 fully saturated rings. The molecule has 1 N–H and O–H groups in total. The fourth-order valence-corrected chi connectivity index (χ4v) is 2.76. The first-order valence-electron chi connectivity index (χ1n) is 8.69. The molecule has 0 radical (unpaired) electrons. The average molecular weight is 350 g/mol. The molecule has 0 aliphatic rings. The second kappa shape index (κ2) is 8.24. The molecule has 1 amide bonds. The number of nitrogens with one attached hydrogen (secondary N) is 1. The molecule has 7 nitrogen and oxygen atoms in total. The zero-order valence-corrected chi connectivity index (χ0v) is 15.0. The molecular formula is C19H22N6O. The fraction of sp³-hybridized carbons (Fsp3) is 0.263. The van der Waals surface area contributed by atoms with Gasteiger partial charge in [-0.2, -0.15) is 4.68 Å². The summed E-state index contributed by atoms with van der Waals surface area (Å²) in [5.74, 6) is 0.682. The van der Waals surface area contributed by atoms with Crippen LogP contribution < -0.4 is 5.32 Å². The summed E-state index contributed by atoms with van der Waals surface area (Å²) in [6.45, 7) is 5.72. The Balaban J connectivity index is 1.80. The van der Waals surface area contributed by atoms with Gasteiger partial charge in [0.2, 0.25) is 0 Å². The molecule has 0 unspecified atom stereocenters. The van der Waals surface area contributed by atoms with Crippen LogP contribution in [0.4, 0.5) is 5.69 Å². The number of carbonyl (C=O) groups is 1. The maximum Gasteiger partial charge on any atom is 0.255 e. The van der Waals surface area contributed by atoms with Gasteiger partial charge in [-0.05, 0) is 48.5 Å². The molecule has 0 bridgehead atoms. The van der Waals surface area contributed by atoms with Gasteiger partial charge >= 0.3 is 0 Å². The molecule has 3 aromatic rings. The number of anilines is 1. The van der Waals surface area contributed by atoms with Crippen molar-refractivity contribution in [3.05, 3.63) is 66.0 Å². The van der Waals surface area contributed by atoms with E-state index in [1.807, 2.05) is 68.4 Å². The smallest absolute Gasteiger partial charge is 0.255 e. The third-order valence-corrected chi connectivity index (χ3v) is 4.18. The van der Waals surface area contributed by atoms with Gasteiger partial charge in [-0.15, -0.1) is 5.10 Å². The number of tetrazole rings is 1. The lowest BCUT2D eigenvalue weighted by Crippen LogP contribution is -2.31. The zero-order valence-electron chi connectivity index (χ0n) is 15.0. The third-order valence-electron chi connectivity index (χ3n) is 4.18. The van der Waals surface area contributed by atoms with Gasteiger partial charge < -0.3 is 10.2 Å². The minimum absolute atomic E-state index is 0.0146. The van der Waals surface area contributed by atoms with Crippen molar-refractivity contribution >= 4 is 11.6 Å². The van der Waals surface area contributed by atoms with Crippen LogP contribution in [0.1, 0.15) is 30.0 Å². The lowest BCUT2D eigenvalue weighted by Gasteiger charge is -2.20. The van der Waals surface area contributed by atoms with Crippen molar-refractivity contribution < 1.29 is 4.79 Å². The van der Waals surface area contributed by atoms with Crippen LogP contribution in [-0.4, -0.2) is 44.1 Å². The van der Waals surface area contributed by atoms with Crippen molar-refractivity contribution in [1.82, 2.24) is 25.1 Å². The molecule has 0 aliphatic heterocycles. The molecule has 3 rings (SSSR count). The summed E-state index contributed by atoms with van der Waals surface area (Å²) in [4.78, 5) is 14.5. The van der Waals surface area contributed by atoms with E-state index < -0.39 is 0 Å². The number of nitrogens with zero attached hydrogens (tertiary/aromatic N) is 5. The molecule has 0 aliphatic carbocycles. The Morgan fingerprint density at radius 1 is 1.04 bits per heavy atom. The molecule has 0 atom stereocenters. The van der Waals surface area contributed by atoms with E-state index in [4.69, 9.17) is 0 Å². The number of amides is 1. The molecule has 0 saturated heterocycles. The van der Waals surface area contributed by atoms with Crippen LogP contribution in [0.25, 0.3) is 5.69 Å². The SMILES string of the molecule is CCN(CC)C(=O)c1ccccc1NCc1nnnn1-c1ccccc1. The maximum absolute atomic E-state index is 12.7. The molecule has 0 saturated carbocycles. The van der Waals surface area contributed by atoms with Crippen LogP contribution in [0.5, 0.6) is 0 Å². The monoisotopic (exact) mass is 350 g/mol. The Hall–Kier alpha value is -3.22. The highest BCUT2D eigenvalue weighted by molar-refractivity contribution is 5.99. The second-order valence-corrected chi connectivity index (χ2v) is 5.72. The van der Waals surface area contributed by atoms with E-state index in [2.05, 4.69) is 20.8 Å². The molecule has 134 valence electrons. The van der Waals surface area contributed by atoms with E-state index in [-0.39, 0.29) is 5.91 Å². The molecule has 2 aromatic carbocycles. The minimum Gasteiger partial charge on any atom is -0.377 e. The molecule has 1 heterocycles. The van der Waals surface area contributed by atoms with Crippen molar-refractivity contribution in [2.75, 3.05) is 18.4 Å². The van der Waals surface area contributed by atoms with E-state index in [9.17, 15) is 4.79 Å². The van der Waals surface area contributed by atoms with Crippen LogP contribution in [0.2, 0.25) is 0 Å². The van der Waals surface area contributed by atoms with Crippen LogP contribution in [0, 0.1) is 0 Å². The predicted octanol–water partition coefficient (Wildman–Crippen LogP) is 2.76. The van der Waals surface area contributed by atoms with Gasteiger partial charge in [0.05, 0.1) is 17.8 Å². The normalized spacial score (nSPS) is 10.5. The predicted molar refractivity (Wildman–Crippen MR) is 100 cm³/mol. The van der Waals surface area contributed by atoms with E-state index >= 15 is 0 Å². The quantitative estimate of drug-likeness (QED) is 0.709. The van der Waals surface area contributed by atoms with Gasteiger partial charge in [0, 0.05) is 18.8 Å². The topological polar surface area (TPSA) is 75.9 Å². The first-order valence-corrected chi connectivity index (χ1v) is 8.69. The summed E-state index contributed by atoms with van der Waals surface area (Å²) in [5.41, 5.74) is 2.31. The van der Waals surface area contributed by atoms with E-state index in [0.29, 0.717) is 31.0 Å². The van der Waals surface area contributed by atoms with Crippen molar-refractivity contribution in [3.63, 3.8) is 0 Å². The van der Waals surface area contributed by atoms with Crippen LogP contribution in [0.15, 0.2) is 54.6 Å². The number of para-hydroxylation sites is 2. The number of hydrogen-bond donors (Lipinski definition) is 1. The standard InChI is InChI=1S/C19H22N6O/c1-3-24(4-2)19(26)16-12-8-9-13-17(16)20-14-18-21-22-23-25(18)15-10-6-5-7-11-15/h5-13,20H,3-4,14H2,1-2H3. The Bertz CT molecular complexity index is 857. The van der Waals surface area contributed by atoms with Crippen molar-refractivity contribution in [2.24, 2.45) is 0 Å². The highest BCUT2D eigenvalue weighted by Crippen LogP contribution is 2.18. The molecule has 0 spiro atoms. The van der Waals surface area contributed by atoms with Crippen LogP contribution in [-0.2, 0) is 6.54 Å². The summed E-state index contributed by atoms with van der Waals surface area (Å²) < 4.78 is 1.68. The maximum atomic E-state index is 12.7. The number of hydrogen-bond acceptors (Lipinski definition) is 5. The Labute approximate surface area is 152 Å². The molecular weight excluding hydrogens is 328 g/mol. The van der Waals surface area contributed by atoms with Gasteiger partial charge in [0.25, 0.3) is 5.91 Å². The lowest BCUT2D eigenvalue weighted by atomic mass is 10.1. The first kappa shape index (κ1) is 17.6. The van der Waals surface area contributed by atoms with Crippen LogP contribution >= 0.6 is 0 Å². The van der Waals surface area contributed by atoms with E-state index in [0.717, 1.165) is 11.4 Å². The van der Waals surface area contributed by atoms with Gasteiger partial charge in [-0.25, -0.2) is 0 Å². The average Bonchev–Trinajstić information content (AvgIpc) is 3.17. The molecule has 1 aromatic heterocycles. The molecule has 7 heteroatoms. The largest absolute Gasteiger partial charge is 0.377 e. The summed E-state index contributed by atoms with van der Waals surface area (Å²) in [6.07, 6.45) is 0. The van der Waals surface area contributed by atoms with Crippen molar-refractivity contribution in [2.45, 2.75) is 20.4 Å². The van der Waals surface area contributed by atoms with Gasteiger partial charge in [0.1, 0.15) is 0 Å². The van der Waals surface area contributed by atoms with E-state index in [1.54, 1.807) is 9.58 Å². The van der Waals surface area contributed by atoms with E-state index in [1.165, 1.54) is 0 Å². The summed E-state index contributed by atoms with van der Waals surface area (Å²) in [6, 6.07) is 17.2. The number of rotatable bonds is 7. The van der Waals surface area contributed by atoms with Gasteiger partial charge in [0.15, 0.2) is 5.82 Å². The van der Waals surface area contributed by atoms with Crippen molar-refractivity contribution in [3.8, 4) is 5.69 Å². The highest BCUT2D eigenvalue weighted by Gasteiger charge is 2.16. The lowest BCUT2D eigenvalue weighted by molar-refractivity contribution is 0.0774. The van der Waals surface area contributed by atoms with Crippen molar-refractivity contribution in [1.29, 1.82) is 0 Å². The fourth-order valence-electron chi connectivity index (χ4n) is 2.76. The number of benzene rings is 2. The first-order chi connectivity index (χ1) is 12.7. The molecule has 26 heavy (non-hydrogen) atoms. The Morgan fingerprint density at radius 3 is 2.46 bits per heavy atom. The summed E-state index contributed by atoms with van der Waals surface area (Å²) in [7, 11) is 0. The number of carbonyl (C=O) groups excluding carboxylic acids is 1. The minimum atomic E-state index is 0.0146. The third kappa shape index (κ3) is 3.72. The van der Waals surface area contributed by atoms with Gasteiger partial charge in [-0.3, -0.25) is 4.79 Å². The summed E-state index contributed by atoms with van der Waals surface area (Å²) in [5, 5.41) is 15.2.